The first kappa shape index (κ1) is 15.0. The van der Waals surface area contributed by atoms with E-state index in [1.165, 1.54) is 0 Å². The summed E-state index contributed by atoms with van der Waals surface area (Å²) in [5.41, 5.74) is 6.02. The van der Waals surface area contributed by atoms with Gasteiger partial charge in [-0.3, -0.25) is 9.79 Å². The van der Waals surface area contributed by atoms with Crippen LogP contribution in [-0.4, -0.2) is 31.5 Å². The van der Waals surface area contributed by atoms with E-state index >= 15 is 0 Å². The third-order valence-electron chi connectivity index (χ3n) is 2.23. The molecule has 0 heterocycles. The van der Waals surface area contributed by atoms with Crippen LogP contribution in [0.5, 0.6) is 0 Å². The molecule has 0 unspecified atom stereocenters. The Morgan fingerprint density at radius 2 is 2.16 bits per heavy atom. The lowest BCUT2D eigenvalue weighted by Gasteiger charge is -2.06. The van der Waals surface area contributed by atoms with Crippen molar-refractivity contribution in [3.63, 3.8) is 0 Å². The molecule has 102 valence electrons. The van der Waals surface area contributed by atoms with Crippen LogP contribution in [0.15, 0.2) is 41.9 Å². The third-order valence-corrected chi connectivity index (χ3v) is 2.56. The van der Waals surface area contributed by atoms with Crippen molar-refractivity contribution >= 4 is 23.5 Å². The number of nitrogens with zero attached hydrogens (tertiary/aromatic N) is 1. The minimum atomic E-state index is -0.224. The van der Waals surface area contributed by atoms with Crippen molar-refractivity contribution in [1.82, 2.24) is 10.6 Å². The molecular formula is C13H17ClN4O. The minimum absolute atomic E-state index is 0.224. The molecule has 1 rings (SSSR count). The first-order valence-electron chi connectivity index (χ1n) is 5.82. The van der Waals surface area contributed by atoms with Crippen LogP contribution in [0.25, 0.3) is 0 Å². The summed E-state index contributed by atoms with van der Waals surface area (Å²) in [4.78, 5) is 15.8. The zero-order valence-electron chi connectivity index (χ0n) is 10.5. The summed E-state index contributed by atoms with van der Waals surface area (Å²) in [7, 11) is 0. The standard InChI is InChI=1S/C13H17ClN4O/c1-2-7-17-13(15)18-9-8-16-12(19)10-5-3-4-6-11(10)14/h2-6H,1,7-9H2,(H,16,19)(H3,15,17,18). The topological polar surface area (TPSA) is 79.5 Å². The van der Waals surface area contributed by atoms with Gasteiger partial charge < -0.3 is 16.4 Å². The highest BCUT2D eigenvalue weighted by Crippen LogP contribution is 2.14. The van der Waals surface area contributed by atoms with E-state index in [0.29, 0.717) is 36.2 Å². The molecular weight excluding hydrogens is 264 g/mol. The van der Waals surface area contributed by atoms with Crippen molar-refractivity contribution in [2.24, 2.45) is 10.7 Å². The summed E-state index contributed by atoms with van der Waals surface area (Å²) >= 11 is 5.91. The molecule has 0 radical (unpaired) electrons. The quantitative estimate of drug-likeness (QED) is 0.317. The zero-order valence-corrected chi connectivity index (χ0v) is 11.3. The van der Waals surface area contributed by atoms with Crippen molar-refractivity contribution in [1.29, 1.82) is 0 Å². The first-order valence-corrected chi connectivity index (χ1v) is 6.20. The van der Waals surface area contributed by atoms with Gasteiger partial charge in [-0.25, -0.2) is 0 Å². The molecule has 0 spiro atoms. The summed E-state index contributed by atoms with van der Waals surface area (Å²) < 4.78 is 0. The van der Waals surface area contributed by atoms with Crippen molar-refractivity contribution in [3.8, 4) is 0 Å². The average molecular weight is 281 g/mol. The highest BCUT2D eigenvalue weighted by molar-refractivity contribution is 6.33. The molecule has 0 aromatic heterocycles. The van der Waals surface area contributed by atoms with Gasteiger partial charge in [-0.05, 0) is 12.1 Å². The van der Waals surface area contributed by atoms with Crippen LogP contribution in [0.4, 0.5) is 0 Å². The Morgan fingerprint density at radius 1 is 1.42 bits per heavy atom. The lowest BCUT2D eigenvalue weighted by atomic mass is 10.2. The monoisotopic (exact) mass is 280 g/mol. The molecule has 0 atom stereocenters. The van der Waals surface area contributed by atoms with E-state index in [1.54, 1.807) is 30.3 Å². The summed E-state index contributed by atoms with van der Waals surface area (Å²) in [5, 5.41) is 5.98. The molecule has 1 amide bonds. The molecule has 6 heteroatoms. The zero-order chi connectivity index (χ0) is 14.1. The molecule has 1 aromatic carbocycles. The number of halogens is 1. The van der Waals surface area contributed by atoms with Crippen LogP contribution in [0.2, 0.25) is 5.02 Å². The van der Waals surface area contributed by atoms with E-state index in [-0.39, 0.29) is 5.91 Å². The number of rotatable bonds is 6. The predicted octanol–water partition coefficient (Wildman–Crippen LogP) is 1.16. The second-order valence-corrected chi connectivity index (χ2v) is 4.08. The largest absolute Gasteiger partial charge is 0.370 e. The van der Waals surface area contributed by atoms with Crippen LogP contribution in [0.3, 0.4) is 0 Å². The molecule has 5 nitrogen and oxygen atoms in total. The van der Waals surface area contributed by atoms with Gasteiger partial charge in [-0.1, -0.05) is 29.8 Å². The minimum Gasteiger partial charge on any atom is -0.370 e. The number of amides is 1. The lowest BCUT2D eigenvalue weighted by Crippen LogP contribution is -2.33. The smallest absolute Gasteiger partial charge is 0.252 e. The molecule has 0 aliphatic rings. The number of benzene rings is 1. The molecule has 0 saturated carbocycles. The van der Waals surface area contributed by atoms with Crippen LogP contribution in [0.1, 0.15) is 10.4 Å². The summed E-state index contributed by atoms with van der Waals surface area (Å²) in [6.45, 7) is 4.89. The molecule has 0 aliphatic carbocycles. The molecule has 4 N–H and O–H groups in total. The van der Waals surface area contributed by atoms with Crippen LogP contribution >= 0.6 is 11.6 Å². The van der Waals surface area contributed by atoms with Gasteiger partial charge in [0, 0.05) is 13.1 Å². The molecule has 1 aromatic rings. The van der Waals surface area contributed by atoms with Gasteiger partial charge in [0.05, 0.1) is 17.1 Å². The van der Waals surface area contributed by atoms with Gasteiger partial charge in [-0.2, -0.15) is 0 Å². The number of nitrogens with two attached hydrogens (primary N) is 1. The highest BCUT2D eigenvalue weighted by atomic mass is 35.5. The third kappa shape index (κ3) is 5.44. The number of carbonyl (C=O) groups excluding carboxylic acids is 1. The Balaban J connectivity index is 2.36. The fourth-order valence-corrected chi connectivity index (χ4v) is 1.54. The molecule has 0 saturated heterocycles. The Bertz CT molecular complexity index is 473. The van der Waals surface area contributed by atoms with Crippen molar-refractivity contribution in [2.45, 2.75) is 0 Å². The average Bonchev–Trinajstić information content (AvgIpc) is 2.41. The number of guanidine groups is 1. The Kier molecular flexibility index (Phi) is 6.46. The van der Waals surface area contributed by atoms with Gasteiger partial charge in [-0.15, -0.1) is 6.58 Å². The maximum Gasteiger partial charge on any atom is 0.252 e. The van der Waals surface area contributed by atoms with Gasteiger partial charge in [0.25, 0.3) is 5.91 Å². The normalized spacial score (nSPS) is 10.9. The van der Waals surface area contributed by atoms with Gasteiger partial charge >= 0.3 is 0 Å². The van der Waals surface area contributed by atoms with E-state index < -0.39 is 0 Å². The van der Waals surface area contributed by atoms with Crippen molar-refractivity contribution in [3.05, 3.63) is 47.5 Å². The fourth-order valence-electron chi connectivity index (χ4n) is 1.32. The van der Waals surface area contributed by atoms with Crippen LogP contribution in [-0.2, 0) is 0 Å². The van der Waals surface area contributed by atoms with E-state index in [9.17, 15) is 4.79 Å². The van der Waals surface area contributed by atoms with Crippen molar-refractivity contribution < 1.29 is 4.79 Å². The van der Waals surface area contributed by atoms with E-state index in [4.69, 9.17) is 17.3 Å². The Morgan fingerprint density at radius 3 is 2.84 bits per heavy atom. The maximum atomic E-state index is 11.8. The number of hydrogen-bond acceptors (Lipinski definition) is 2. The van der Waals surface area contributed by atoms with Crippen LogP contribution < -0.4 is 16.4 Å². The molecule has 0 bridgehead atoms. The number of nitrogens with one attached hydrogen (secondary N) is 2. The second kappa shape index (κ2) is 8.16. The molecule has 0 fully saturated rings. The molecule has 0 aliphatic heterocycles. The van der Waals surface area contributed by atoms with Crippen molar-refractivity contribution in [2.75, 3.05) is 19.6 Å². The van der Waals surface area contributed by atoms with E-state index in [0.717, 1.165) is 0 Å². The first-order chi connectivity index (χ1) is 9.15. The van der Waals surface area contributed by atoms with E-state index in [1.807, 2.05) is 0 Å². The van der Waals surface area contributed by atoms with Gasteiger partial charge in [0.1, 0.15) is 0 Å². The lowest BCUT2D eigenvalue weighted by molar-refractivity contribution is 0.0955. The number of carbonyl (C=O) groups is 1. The summed E-state index contributed by atoms with van der Waals surface area (Å²) in [6.07, 6.45) is 1.68. The summed E-state index contributed by atoms with van der Waals surface area (Å²) in [5.74, 6) is 0.102. The van der Waals surface area contributed by atoms with E-state index in [2.05, 4.69) is 22.2 Å². The summed E-state index contributed by atoms with van der Waals surface area (Å²) in [6, 6.07) is 6.87. The number of hydrogen-bond donors (Lipinski definition) is 3. The Labute approximate surface area is 117 Å². The molecule has 19 heavy (non-hydrogen) atoms. The number of aliphatic imine (C=N–C) groups is 1. The van der Waals surface area contributed by atoms with Crippen LogP contribution in [0, 0.1) is 0 Å². The highest BCUT2D eigenvalue weighted by Gasteiger charge is 2.07. The SMILES string of the molecule is C=CCNC(N)=NCCNC(=O)c1ccccc1Cl. The second-order valence-electron chi connectivity index (χ2n) is 3.67. The maximum absolute atomic E-state index is 11.8. The van der Waals surface area contributed by atoms with Gasteiger partial charge in [0.2, 0.25) is 0 Å². The fraction of sp³-hybridized carbons (Fsp3) is 0.231. The predicted molar refractivity (Wildman–Crippen MR) is 78.5 cm³/mol. The van der Waals surface area contributed by atoms with Gasteiger partial charge in [0.15, 0.2) is 5.96 Å². The Hall–Kier alpha value is -2.01.